The van der Waals surface area contributed by atoms with Crippen LogP contribution in [-0.2, 0) is 6.54 Å². The van der Waals surface area contributed by atoms with Gasteiger partial charge in [0, 0.05) is 12.7 Å². The number of nitrogens with one attached hydrogen (secondary N) is 1. The van der Waals surface area contributed by atoms with Gasteiger partial charge in [-0.1, -0.05) is 0 Å². The van der Waals surface area contributed by atoms with E-state index in [4.69, 9.17) is 5.73 Å². The van der Waals surface area contributed by atoms with Crippen molar-refractivity contribution in [3.8, 4) is 0 Å². The number of nitrogen functional groups attached to an aromatic ring is 1. The second kappa shape index (κ2) is 3.12. The first-order valence-electron chi connectivity index (χ1n) is 3.05. The van der Waals surface area contributed by atoms with Gasteiger partial charge in [0.1, 0.15) is 0 Å². The van der Waals surface area contributed by atoms with Gasteiger partial charge in [0.2, 0.25) is 5.95 Å². The van der Waals surface area contributed by atoms with Crippen LogP contribution in [0.5, 0.6) is 0 Å². The fourth-order valence-electron chi connectivity index (χ4n) is 0.693. The molecule has 0 atom stereocenters. The number of aromatic nitrogens is 2. The van der Waals surface area contributed by atoms with Gasteiger partial charge in [-0.3, -0.25) is 0 Å². The topological polar surface area (TPSA) is 63.8 Å². The molecule has 4 nitrogen and oxygen atoms in total. The van der Waals surface area contributed by atoms with E-state index < -0.39 is 0 Å². The van der Waals surface area contributed by atoms with Crippen molar-refractivity contribution in [1.82, 2.24) is 15.3 Å². The highest BCUT2D eigenvalue weighted by molar-refractivity contribution is 5.16. The van der Waals surface area contributed by atoms with Crippen LogP contribution in [0.3, 0.4) is 0 Å². The first kappa shape index (κ1) is 6.95. The third kappa shape index (κ3) is 1.66. The summed E-state index contributed by atoms with van der Waals surface area (Å²) in [6.45, 7) is 0.729. The summed E-state index contributed by atoms with van der Waals surface area (Å²) in [6, 6.07) is 1.83. The van der Waals surface area contributed by atoms with Gasteiger partial charge in [0.05, 0.1) is 5.69 Å². The summed E-state index contributed by atoms with van der Waals surface area (Å²) in [5.74, 6) is 0.327. The lowest BCUT2D eigenvalue weighted by atomic mass is 10.4. The summed E-state index contributed by atoms with van der Waals surface area (Å²) in [4.78, 5) is 7.73. The Morgan fingerprint density at radius 2 is 2.50 bits per heavy atom. The zero-order chi connectivity index (χ0) is 7.40. The maximum absolute atomic E-state index is 5.34. The Morgan fingerprint density at radius 3 is 3.10 bits per heavy atom. The van der Waals surface area contributed by atoms with Gasteiger partial charge in [0.25, 0.3) is 0 Å². The Bertz CT molecular complexity index is 211. The first-order chi connectivity index (χ1) is 4.83. The highest BCUT2D eigenvalue weighted by atomic mass is 15.0. The number of hydrogen-bond donors (Lipinski definition) is 2. The summed E-state index contributed by atoms with van der Waals surface area (Å²) in [7, 11) is 1.86. The highest BCUT2D eigenvalue weighted by Gasteiger charge is 1.91. The van der Waals surface area contributed by atoms with E-state index in [2.05, 4.69) is 15.3 Å². The molecule has 0 aliphatic carbocycles. The van der Waals surface area contributed by atoms with E-state index in [1.165, 1.54) is 0 Å². The summed E-state index contributed by atoms with van der Waals surface area (Å²) in [5.41, 5.74) is 6.25. The van der Waals surface area contributed by atoms with Gasteiger partial charge in [-0.25, -0.2) is 9.97 Å². The van der Waals surface area contributed by atoms with Gasteiger partial charge in [-0.05, 0) is 13.1 Å². The molecule has 0 saturated heterocycles. The van der Waals surface area contributed by atoms with Crippen molar-refractivity contribution in [2.24, 2.45) is 0 Å². The molecular formula is C6H10N4. The SMILES string of the molecule is CNCc1ccnc(N)n1. The normalized spacial score (nSPS) is 9.70. The molecule has 0 saturated carbocycles. The van der Waals surface area contributed by atoms with Crippen LogP contribution in [0, 0.1) is 0 Å². The molecule has 10 heavy (non-hydrogen) atoms. The molecule has 0 aliphatic rings. The summed E-state index contributed by atoms with van der Waals surface area (Å²) < 4.78 is 0. The lowest BCUT2D eigenvalue weighted by Crippen LogP contribution is -2.08. The zero-order valence-electron chi connectivity index (χ0n) is 5.83. The molecule has 54 valence electrons. The second-order valence-electron chi connectivity index (χ2n) is 1.94. The van der Waals surface area contributed by atoms with Gasteiger partial charge < -0.3 is 11.1 Å². The zero-order valence-corrected chi connectivity index (χ0v) is 5.83. The Morgan fingerprint density at radius 1 is 1.70 bits per heavy atom. The lowest BCUT2D eigenvalue weighted by molar-refractivity contribution is 0.788. The molecule has 4 heteroatoms. The smallest absolute Gasteiger partial charge is 0.220 e. The first-order valence-corrected chi connectivity index (χ1v) is 3.05. The highest BCUT2D eigenvalue weighted by Crippen LogP contribution is 1.94. The average molecular weight is 138 g/mol. The van der Waals surface area contributed by atoms with Crippen LogP contribution in [0.1, 0.15) is 5.69 Å². The van der Waals surface area contributed by atoms with Crippen molar-refractivity contribution >= 4 is 5.95 Å². The van der Waals surface area contributed by atoms with E-state index in [-0.39, 0.29) is 0 Å². The Hall–Kier alpha value is -1.16. The monoisotopic (exact) mass is 138 g/mol. The molecule has 0 spiro atoms. The van der Waals surface area contributed by atoms with Crippen LogP contribution in [0.2, 0.25) is 0 Å². The average Bonchev–Trinajstić information content (AvgIpc) is 1.88. The lowest BCUT2D eigenvalue weighted by Gasteiger charge is -1.97. The third-order valence-electron chi connectivity index (χ3n) is 1.09. The minimum Gasteiger partial charge on any atom is -0.368 e. The van der Waals surface area contributed by atoms with Crippen molar-refractivity contribution in [1.29, 1.82) is 0 Å². The molecule has 0 aromatic carbocycles. The Kier molecular flexibility index (Phi) is 2.17. The van der Waals surface area contributed by atoms with E-state index >= 15 is 0 Å². The third-order valence-corrected chi connectivity index (χ3v) is 1.09. The minimum absolute atomic E-state index is 0.327. The van der Waals surface area contributed by atoms with Crippen molar-refractivity contribution in [3.05, 3.63) is 18.0 Å². The van der Waals surface area contributed by atoms with E-state index in [0.717, 1.165) is 12.2 Å². The molecule has 0 unspecified atom stereocenters. The van der Waals surface area contributed by atoms with Crippen LogP contribution in [0.4, 0.5) is 5.95 Å². The van der Waals surface area contributed by atoms with Gasteiger partial charge in [-0.15, -0.1) is 0 Å². The molecule has 0 fully saturated rings. The van der Waals surface area contributed by atoms with E-state index in [9.17, 15) is 0 Å². The molecule has 1 aromatic heterocycles. The molecule has 0 radical (unpaired) electrons. The Labute approximate surface area is 59.5 Å². The number of hydrogen-bond acceptors (Lipinski definition) is 4. The minimum atomic E-state index is 0.327. The van der Waals surface area contributed by atoms with Crippen molar-refractivity contribution in [3.63, 3.8) is 0 Å². The number of rotatable bonds is 2. The van der Waals surface area contributed by atoms with E-state index in [0.29, 0.717) is 5.95 Å². The second-order valence-corrected chi connectivity index (χ2v) is 1.94. The van der Waals surface area contributed by atoms with Crippen molar-refractivity contribution in [2.45, 2.75) is 6.54 Å². The molecule has 3 N–H and O–H groups in total. The largest absolute Gasteiger partial charge is 0.368 e. The Balaban J connectivity index is 2.75. The van der Waals surface area contributed by atoms with Crippen LogP contribution in [-0.4, -0.2) is 17.0 Å². The van der Waals surface area contributed by atoms with Crippen molar-refractivity contribution < 1.29 is 0 Å². The molecule has 1 rings (SSSR count). The standard InChI is InChI=1S/C6H10N4/c1-8-4-5-2-3-9-6(7)10-5/h2-3,8H,4H2,1H3,(H2,7,9,10). The molecule has 1 heterocycles. The number of nitrogens with zero attached hydrogens (tertiary/aromatic N) is 2. The van der Waals surface area contributed by atoms with E-state index in [1.807, 2.05) is 13.1 Å². The quantitative estimate of drug-likeness (QED) is 0.593. The maximum atomic E-state index is 5.34. The van der Waals surface area contributed by atoms with E-state index in [1.54, 1.807) is 6.20 Å². The summed E-state index contributed by atoms with van der Waals surface area (Å²) >= 11 is 0. The number of anilines is 1. The molecule has 0 bridgehead atoms. The van der Waals surface area contributed by atoms with Crippen LogP contribution < -0.4 is 11.1 Å². The predicted octanol–water partition coefficient (Wildman–Crippen LogP) is -0.222. The maximum Gasteiger partial charge on any atom is 0.220 e. The fourth-order valence-corrected chi connectivity index (χ4v) is 0.693. The number of nitrogens with two attached hydrogens (primary N) is 1. The molecule has 0 aliphatic heterocycles. The van der Waals surface area contributed by atoms with Gasteiger partial charge >= 0.3 is 0 Å². The summed E-state index contributed by atoms with van der Waals surface area (Å²) in [5, 5.41) is 2.97. The van der Waals surface area contributed by atoms with Crippen LogP contribution >= 0.6 is 0 Å². The van der Waals surface area contributed by atoms with Crippen molar-refractivity contribution in [2.75, 3.05) is 12.8 Å². The molecule has 1 aromatic rings. The van der Waals surface area contributed by atoms with Crippen LogP contribution in [0.15, 0.2) is 12.3 Å². The summed E-state index contributed by atoms with van der Waals surface area (Å²) in [6.07, 6.45) is 1.65. The molecule has 0 amide bonds. The molecular weight excluding hydrogens is 128 g/mol. The van der Waals surface area contributed by atoms with Crippen LogP contribution in [0.25, 0.3) is 0 Å². The predicted molar refractivity (Wildman–Crippen MR) is 39.2 cm³/mol. The fraction of sp³-hybridized carbons (Fsp3) is 0.333. The van der Waals surface area contributed by atoms with Gasteiger partial charge in [-0.2, -0.15) is 0 Å². The van der Waals surface area contributed by atoms with Gasteiger partial charge in [0.15, 0.2) is 0 Å².